The number of aryl methyl sites for hydroxylation is 1. The van der Waals surface area contributed by atoms with Crippen LogP contribution in [0.5, 0.6) is 0 Å². The summed E-state index contributed by atoms with van der Waals surface area (Å²) in [5, 5.41) is 7.70. The van der Waals surface area contributed by atoms with E-state index in [0.29, 0.717) is 28.6 Å². The Kier molecular flexibility index (Phi) is 9.99. The number of hydrogen-bond donors (Lipinski definition) is 0. The van der Waals surface area contributed by atoms with Gasteiger partial charge in [0.15, 0.2) is 0 Å². The predicted octanol–water partition coefficient (Wildman–Crippen LogP) is 13.0. The molecule has 0 aliphatic rings. The van der Waals surface area contributed by atoms with Crippen LogP contribution in [0.1, 0.15) is 90.7 Å². The molecule has 7 heteroatoms. The summed E-state index contributed by atoms with van der Waals surface area (Å²) in [4.78, 5) is 18.7. The molecule has 0 aliphatic carbocycles. The molecule has 0 saturated carbocycles. The van der Waals surface area contributed by atoms with Gasteiger partial charge in [-0.1, -0.05) is 134 Å². The van der Waals surface area contributed by atoms with Crippen molar-refractivity contribution in [3.05, 3.63) is 126 Å². The Hall–Kier alpha value is -4.55. The molecule has 0 atom stereocenters. The normalized spacial score (nSPS) is 14.1. The standard InChI is InChI=1S/C31H26NO.C19H28N3Si.Ir/c1-19-18-32-28(15-22(19)17-31(2,3)4)25-11-7-10-24-27-14-21-13-12-20-8-5-6-9-23(20)26(21)16-29(27)33-30(24)25;1-13(2)17-15(23(6,7)8)12-20-18(22-17)14-10-9-11-16(21-14)19(3,4)5;/h5-10,12-16,18H,17H2,1-4H3;9,11-13H,1-8H3;/q2*-1;/i1D3,17D2;;. The largest absolute Gasteiger partial charge is 0.501 e. The van der Waals surface area contributed by atoms with Crippen molar-refractivity contribution in [3.8, 4) is 22.8 Å². The van der Waals surface area contributed by atoms with Gasteiger partial charge in [0.2, 0.25) is 0 Å². The number of fused-ring (bicyclic) bond motifs is 6. The first-order valence-corrected chi connectivity index (χ1v) is 22.8. The van der Waals surface area contributed by atoms with Gasteiger partial charge < -0.3 is 9.40 Å². The Morgan fingerprint density at radius 1 is 0.789 bits per heavy atom. The minimum absolute atomic E-state index is 0. The number of rotatable bonds is 5. The first-order valence-electron chi connectivity index (χ1n) is 21.8. The second-order valence-electron chi connectivity index (χ2n) is 18.0. The van der Waals surface area contributed by atoms with Crippen LogP contribution in [-0.2, 0) is 31.9 Å². The molecule has 0 saturated heterocycles. The van der Waals surface area contributed by atoms with Gasteiger partial charge >= 0.3 is 0 Å². The number of furan rings is 1. The van der Waals surface area contributed by atoms with Crippen LogP contribution in [0.25, 0.3) is 66.3 Å². The minimum Gasteiger partial charge on any atom is -0.501 e. The van der Waals surface area contributed by atoms with Crippen molar-refractivity contribution in [2.24, 2.45) is 5.41 Å². The molecule has 295 valence electrons. The van der Waals surface area contributed by atoms with E-state index in [4.69, 9.17) is 21.2 Å². The van der Waals surface area contributed by atoms with Crippen molar-refractivity contribution in [3.63, 3.8) is 0 Å². The predicted molar refractivity (Wildman–Crippen MR) is 239 cm³/mol. The molecule has 0 spiro atoms. The van der Waals surface area contributed by atoms with Gasteiger partial charge in [-0.15, -0.1) is 24.3 Å². The van der Waals surface area contributed by atoms with Gasteiger partial charge in [-0.25, -0.2) is 0 Å². The second kappa shape index (κ2) is 16.0. The zero-order valence-electron chi connectivity index (χ0n) is 39.8. The second-order valence-corrected chi connectivity index (χ2v) is 23.1. The molecule has 8 aromatic rings. The van der Waals surface area contributed by atoms with Crippen LogP contribution in [0, 0.1) is 24.4 Å². The van der Waals surface area contributed by atoms with Gasteiger partial charge in [-0.3, -0.25) is 15.0 Å². The van der Waals surface area contributed by atoms with Crippen LogP contribution in [0.3, 0.4) is 0 Å². The summed E-state index contributed by atoms with van der Waals surface area (Å²) in [5.41, 5.74) is 4.41. The fourth-order valence-corrected chi connectivity index (χ4v) is 8.55. The van der Waals surface area contributed by atoms with Gasteiger partial charge in [0.1, 0.15) is 5.58 Å². The van der Waals surface area contributed by atoms with Crippen LogP contribution in [0.4, 0.5) is 0 Å². The van der Waals surface area contributed by atoms with Crippen LogP contribution in [0.15, 0.2) is 95.7 Å². The van der Waals surface area contributed by atoms with Crippen molar-refractivity contribution < 1.29 is 31.4 Å². The summed E-state index contributed by atoms with van der Waals surface area (Å²) in [6, 6.07) is 32.3. The monoisotopic (exact) mass is 952 g/mol. The fourth-order valence-electron chi connectivity index (χ4n) is 6.98. The van der Waals surface area contributed by atoms with Crippen LogP contribution in [0.2, 0.25) is 19.6 Å². The van der Waals surface area contributed by atoms with Gasteiger partial charge in [0.05, 0.1) is 19.5 Å². The van der Waals surface area contributed by atoms with Crippen molar-refractivity contribution in [1.82, 2.24) is 19.9 Å². The average molecular weight is 952 g/mol. The summed E-state index contributed by atoms with van der Waals surface area (Å²) >= 11 is 0. The summed E-state index contributed by atoms with van der Waals surface area (Å²) in [5.74, 6) is 1.06. The molecule has 8 rings (SSSR count). The van der Waals surface area contributed by atoms with Gasteiger partial charge in [0.25, 0.3) is 0 Å². The zero-order valence-corrected chi connectivity index (χ0v) is 38.2. The molecule has 4 aromatic carbocycles. The van der Waals surface area contributed by atoms with Crippen molar-refractivity contribution in [1.29, 1.82) is 0 Å². The molecule has 4 heterocycles. The third kappa shape index (κ3) is 8.97. The third-order valence-corrected chi connectivity index (χ3v) is 11.8. The molecular weight excluding hydrogens is 893 g/mol. The first-order chi connectivity index (χ1) is 28.4. The molecule has 0 N–H and O–H groups in total. The van der Waals surface area contributed by atoms with Crippen LogP contribution < -0.4 is 5.19 Å². The Morgan fingerprint density at radius 2 is 1.53 bits per heavy atom. The van der Waals surface area contributed by atoms with E-state index in [2.05, 4.69) is 113 Å². The van der Waals surface area contributed by atoms with E-state index in [1.165, 1.54) is 11.4 Å². The van der Waals surface area contributed by atoms with Crippen LogP contribution >= 0.6 is 0 Å². The van der Waals surface area contributed by atoms with E-state index in [-0.39, 0.29) is 36.6 Å². The van der Waals surface area contributed by atoms with E-state index < -0.39 is 26.7 Å². The summed E-state index contributed by atoms with van der Waals surface area (Å²) in [7, 11) is -1.46. The maximum Gasteiger partial charge on any atom is 0.121 e. The van der Waals surface area contributed by atoms with Crippen molar-refractivity contribution >= 4 is 56.7 Å². The number of nitrogens with zero attached hydrogens (tertiary/aromatic N) is 4. The van der Waals surface area contributed by atoms with Gasteiger partial charge in [-0.05, 0) is 91.5 Å². The average Bonchev–Trinajstić information content (AvgIpc) is 3.56. The molecule has 0 unspecified atom stereocenters. The third-order valence-electron chi connectivity index (χ3n) is 9.81. The fraction of sp³-hybridized carbons (Fsp3) is 0.320. The number of pyridine rings is 2. The quantitative estimate of drug-likeness (QED) is 0.0977. The molecule has 0 amide bonds. The van der Waals surface area contributed by atoms with Gasteiger partial charge in [0, 0.05) is 50.4 Å². The van der Waals surface area contributed by atoms with Crippen LogP contribution in [-0.4, -0.2) is 28.0 Å². The molecule has 0 aliphatic heterocycles. The van der Waals surface area contributed by atoms with E-state index in [9.17, 15) is 0 Å². The summed E-state index contributed by atoms with van der Waals surface area (Å²) in [6.07, 6.45) is 1.37. The first kappa shape index (κ1) is 35.6. The summed E-state index contributed by atoms with van der Waals surface area (Å²) < 4.78 is 48.1. The van der Waals surface area contributed by atoms with Gasteiger partial charge in [-0.2, -0.15) is 12.1 Å². The minimum atomic E-state index is -2.50. The number of aromatic nitrogens is 4. The molecular formula is C50H54IrN4OSi-2. The Balaban J connectivity index is 0.000000230. The number of benzene rings is 4. The molecule has 5 nitrogen and oxygen atoms in total. The SMILES string of the molecule is CC(C)c1nc(-c2[c-]ccc(C(C)(C)C)n2)ncc1[Si](C)(C)C.[2H]C([2H])([2H])c1cnc(-c2[c-]ccc3c2oc2cc4c(ccc5ccccc54)cc23)cc1C([2H])([2H])C(C)(C)C.[Ir]. The van der Waals surface area contributed by atoms with Crippen molar-refractivity contribution in [2.75, 3.05) is 0 Å². The molecule has 0 bridgehead atoms. The number of hydrogen-bond acceptors (Lipinski definition) is 5. The Labute approximate surface area is 360 Å². The maximum absolute atomic E-state index is 8.85. The Morgan fingerprint density at radius 3 is 2.23 bits per heavy atom. The smallest absolute Gasteiger partial charge is 0.121 e. The summed E-state index contributed by atoms with van der Waals surface area (Å²) in [6.45, 7) is 20.7. The topological polar surface area (TPSA) is 64.7 Å². The zero-order chi connectivity index (χ0) is 44.4. The van der Waals surface area contributed by atoms with E-state index in [1.54, 1.807) is 32.9 Å². The maximum atomic E-state index is 8.85. The Bertz CT molecular complexity index is 2940. The van der Waals surface area contributed by atoms with E-state index in [1.807, 2.05) is 36.5 Å². The molecule has 0 fully saturated rings. The van der Waals surface area contributed by atoms with E-state index in [0.717, 1.165) is 55.0 Å². The van der Waals surface area contributed by atoms with Crippen molar-refractivity contribution in [2.45, 2.75) is 99.6 Å². The molecule has 57 heavy (non-hydrogen) atoms. The molecule has 1 radical (unpaired) electrons. The van der Waals surface area contributed by atoms with E-state index >= 15 is 0 Å². The molecule has 4 aromatic heterocycles.